The predicted octanol–water partition coefficient (Wildman–Crippen LogP) is 0.528. The van der Waals surface area contributed by atoms with E-state index in [0.29, 0.717) is 12.1 Å². The first-order valence-corrected chi connectivity index (χ1v) is 5.95. The molecule has 94 valence electrons. The molecule has 0 aliphatic rings. The van der Waals surface area contributed by atoms with Crippen LogP contribution in [0.15, 0.2) is 43.2 Å². The van der Waals surface area contributed by atoms with Gasteiger partial charge in [-0.1, -0.05) is 0 Å². The van der Waals surface area contributed by atoms with Gasteiger partial charge in [-0.05, 0) is 6.42 Å². The minimum Gasteiger partial charge on any atom is -0.352 e. The molecule has 2 heterocycles. The van der Waals surface area contributed by atoms with Crippen LogP contribution in [0, 0.1) is 0 Å². The van der Waals surface area contributed by atoms with Gasteiger partial charge in [-0.25, -0.2) is 9.55 Å². The molecular weight excluding hydrogens is 228 g/mol. The first-order valence-electron chi connectivity index (χ1n) is 5.95. The molecule has 5 heteroatoms. The molecule has 0 unspecified atom stereocenters. The lowest BCUT2D eigenvalue weighted by Gasteiger charge is -2.05. The maximum atomic E-state index is 11.8. The molecule has 0 radical (unpaired) electrons. The summed E-state index contributed by atoms with van der Waals surface area (Å²) in [5, 5.41) is 2.90. The van der Waals surface area contributed by atoms with Gasteiger partial charge in [0.05, 0.1) is 11.9 Å². The third-order valence-electron chi connectivity index (χ3n) is 2.68. The Labute approximate surface area is 106 Å². The standard InChI is InChI=1S/C13H16N4O/c1-16-8-3-12(4-9-16)13(18)15-5-2-7-17-10-6-14-11-17/h3-4,6,8-11H,2,5,7H2,1H3/p+1. The van der Waals surface area contributed by atoms with Gasteiger partial charge in [-0.2, -0.15) is 0 Å². The number of carbonyl (C=O) groups excluding carboxylic acids is 1. The first-order chi connectivity index (χ1) is 8.75. The van der Waals surface area contributed by atoms with Gasteiger partial charge in [0.15, 0.2) is 12.4 Å². The number of pyridine rings is 1. The van der Waals surface area contributed by atoms with Crippen LogP contribution in [0.2, 0.25) is 0 Å². The van der Waals surface area contributed by atoms with E-state index in [2.05, 4.69) is 10.3 Å². The van der Waals surface area contributed by atoms with Gasteiger partial charge in [0.2, 0.25) is 0 Å². The Bertz CT molecular complexity index is 490. The Morgan fingerprint density at radius 1 is 1.44 bits per heavy atom. The van der Waals surface area contributed by atoms with Gasteiger partial charge in [0.25, 0.3) is 5.91 Å². The third kappa shape index (κ3) is 3.41. The molecule has 5 nitrogen and oxygen atoms in total. The van der Waals surface area contributed by atoms with Crippen molar-refractivity contribution in [2.45, 2.75) is 13.0 Å². The van der Waals surface area contributed by atoms with Crippen molar-refractivity contribution in [3.63, 3.8) is 0 Å². The number of carbonyl (C=O) groups is 1. The van der Waals surface area contributed by atoms with E-state index in [9.17, 15) is 4.79 Å². The van der Waals surface area contributed by atoms with Gasteiger partial charge >= 0.3 is 0 Å². The van der Waals surface area contributed by atoms with Crippen molar-refractivity contribution in [3.8, 4) is 0 Å². The van der Waals surface area contributed by atoms with E-state index in [1.54, 1.807) is 12.5 Å². The van der Waals surface area contributed by atoms with Gasteiger partial charge in [-0.3, -0.25) is 4.79 Å². The Kier molecular flexibility index (Phi) is 4.06. The predicted molar refractivity (Wildman–Crippen MR) is 66.8 cm³/mol. The summed E-state index contributed by atoms with van der Waals surface area (Å²) in [5.74, 6) is -0.0266. The van der Waals surface area contributed by atoms with Gasteiger partial charge in [0.1, 0.15) is 7.05 Å². The van der Waals surface area contributed by atoms with E-state index in [4.69, 9.17) is 0 Å². The largest absolute Gasteiger partial charge is 0.352 e. The van der Waals surface area contributed by atoms with Crippen LogP contribution in [0.25, 0.3) is 0 Å². The van der Waals surface area contributed by atoms with E-state index in [0.717, 1.165) is 13.0 Å². The van der Waals surface area contributed by atoms with Crippen molar-refractivity contribution in [1.29, 1.82) is 0 Å². The van der Waals surface area contributed by atoms with Crippen LogP contribution in [0.3, 0.4) is 0 Å². The van der Waals surface area contributed by atoms with Crippen molar-refractivity contribution in [1.82, 2.24) is 14.9 Å². The van der Waals surface area contributed by atoms with Crippen LogP contribution in [0.4, 0.5) is 0 Å². The Morgan fingerprint density at radius 2 is 2.22 bits per heavy atom. The highest BCUT2D eigenvalue weighted by atomic mass is 16.1. The van der Waals surface area contributed by atoms with Crippen LogP contribution in [-0.2, 0) is 13.6 Å². The van der Waals surface area contributed by atoms with Crippen molar-refractivity contribution < 1.29 is 9.36 Å². The average Bonchev–Trinajstić information content (AvgIpc) is 2.88. The first kappa shape index (κ1) is 12.3. The number of aromatic nitrogens is 3. The summed E-state index contributed by atoms with van der Waals surface area (Å²) in [6, 6.07) is 3.62. The molecule has 2 aromatic heterocycles. The highest BCUT2D eigenvalue weighted by Gasteiger charge is 2.05. The smallest absolute Gasteiger partial charge is 0.251 e. The molecule has 2 rings (SSSR count). The second kappa shape index (κ2) is 5.95. The molecule has 0 spiro atoms. The van der Waals surface area contributed by atoms with Gasteiger partial charge < -0.3 is 9.88 Å². The Hall–Kier alpha value is -2.17. The number of nitrogens with one attached hydrogen (secondary N) is 1. The van der Waals surface area contributed by atoms with Crippen LogP contribution in [0.1, 0.15) is 16.8 Å². The van der Waals surface area contributed by atoms with Crippen molar-refractivity contribution in [2.24, 2.45) is 7.05 Å². The molecule has 1 amide bonds. The molecule has 0 aliphatic carbocycles. The summed E-state index contributed by atoms with van der Waals surface area (Å²) in [5.41, 5.74) is 0.690. The molecule has 0 saturated heterocycles. The number of rotatable bonds is 5. The molecular formula is C13H17N4O+. The highest BCUT2D eigenvalue weighted by molar-refractivity contribution is 5.93. The number of hydrogen-bond donors (Lipinski definition) is 1. The van der Waals surface area contributed by atoms with Crippen molar-refractivity contribution in [3.05, 3.63) is 48.8 Å². The summed E-state index contributed by atoms with van der Waals surface area (Å²) >= 11 is 0. The minimum absolute atomic E-state index is 0.0266. The van der Waals surface area contributed by atoms with E-state index >= 15 is 0 Å². The second-order valence-corrected chi connectivity index (χ2v) is 4.16. The molecule has 0 atom stereocenters. The van der Waals surface area contributed by atoms with Crippen molar-refractivity contribution >= 4 is 5.91 Å². The zero-order valence-corrected chi connectivity index (χ0v) is 10.4. The Morgan fingerprint density at radius 3 is 2.89 bits per heavy atom. The quantitative estimate of drug-likeness (QED) is 0.617. The molecule has 1 N–H and O–H groups in total. The monoisotopic (exact) mass is 245 g/mol. The fourth-order valence-electron chi connectivity index (χ4n) is 1.64. The summed E-state index contributed by atoms with van der Waals surface area (Å²) < 4.78 is 3.89. The molecule has 0 saturated carbocycles. The van der Waals surface area contributed by atoms with E-state index in [-0.39, 0.29) is 5.91 Å². The van der Waals surface area contributed by atoms with Gasteiger partial charge in [-0.15, -0.1) is 0 Å². The lowest BCUT2D eigenvalue weighted by Crippen LogP contribution is -2.29. The topological polar surface area (TPSA) is 50.8 Å². The van der Waals surface area contributed by atoms with Crippen LogP contribution in [-0.4, -0.2) is 22.0 Å². The van der Waals surface area contributed by atoms with E-state index in [1.807, 2.05) is 46.9 Å². The van der Waals surface area contributed by atoms with Crippen LogP contribution in [0.5, 0.6) is 0 Å². The van der Waals surface area contributed by atoms with Crippen LogP contribution >= 0.6 is 0 Å². The average molecular weight is 245 g/mol. The number of aryl methyl sites for hydroxylation is 2. The number of amides is 1. The molecule has 0 fully saturated rings. The molecule has 18 heavy (non-hydrogen) atoms. The molecule has 2 aromatic rings. The van der Waals surface area contributed by atoms with Crippen LogP contribution < -0.4 is 9.88 Å². The maximum absolute atomic E-state index is 11.8. The fourth-order valence-corrected chi connectivity index (χ4v) is 1.64. The van der Waals surface area contributed by atoms with E-state index < -0.39 is 0 Å². The minimum atomic E-state index is -0.0266. The normalized spacial score (nSPS) is 10.3. The molecule has 0 aromatic carbocycles. The lowest BCUT2D eigenvalue weighted by atomic mass is 10.2. The lowest BCUT2D eigenvalue weighted by molar-refractivity contribution is -0.671. The second-order valence-electron chi connectivity index (χ2n) is 4.16. The maximum Gasteiger partial charge on any atom is 0.251 e. The fraction of sp³-hybridized carbons (Fsp3) is 0.308. The zero-order valence-electron chi connectivity index (χ0n) is 10.4. The Balaban J connectivity index is 1.73. The van der Waals surface area contributed by atoms with E-state index in [1.165, 1.54) is 0 Å². The SMILES string of the molecule is C[n+]1ccc(C(=O)NCCCn2ccnc2)cc1. The summed E-state index contributed by atoms with van der Waals surface area (Å²) in [6.45, 7) is 1.53. The highest BCUT2D eigenvalue weighted by Crippen LogP contribution is 1.95. The summed E-state index contributed by atoms with van der Waals surface area (Å²) in [4.78, 5) is 15.7. The number of imidazole rings is 1. The van der Waals surface area contributed by atoms with Crippen molar-refractivity contribution in [2.75, 3.05) is 6.54 Å². The molecule has 0 bridgehead atoms. The number of nitrogens with zero attached hydrogens (tertiary/aromatic N) is 3. The van der Waals surface area contributed by atoms with Gasteiger partial charge in [0, 0.05) is 37.6 Å². The summed E-state index contributed by atoms with van der Waals surface area (Å²) in [6.07, 6.45) is 10.1. The zero-order chi connectivity index (χ0) is 12.8. The summed E-state index contributed by atoms with van der Waals surface area (Å²) in [7, 11) is 1.92. The molecule has 0 aliphatic heterocycles. The number of hydrogen-bond acceptors (Lipinski definition) is 2. The third-order valence-corrected chi connectivity index (χ3v) is 2.68.